The van der Waals surface area contributed by atoms with Crippen LogP contribution in [-0.4, -0.2) is 6.61 Å². The number of benzene rings is 1. The van der Waals surface area contributed by atoms with E-state index in [2.05, 4.69) is 0 Å². The lowest BCUT2D eigenvalue weighted by molar-refractivity contribution is 0.302. The topological polar surface area (TPSA) is 9.23 Å². The zero-order valence-corrected chi connectivity index (χ0v) is 7.20. The van der Waals surface area contributed by atoms with E-state index in [0.29, 0.717) is 0 Å². The van der Waals surface area contributed by atoms with E-state index in [4.69, 9.17) is 4.74 Å². The molecule has 1 aliphatic rings. The Kier molecular flexibility index (Phi) is 2.31. The van der Waals surface area contributed by atoms with Crippen molar-refractivity contribution in [2.24, 2.45) is 5.92 Å². The lowest BCUT2D eigenvalue weighted by atomic mass is 10.3. The molecule has 0 aromatic heterocycles. The van der Waals surface area contributed by atoms with Gasteiger partial charge in [-0.05, 0) is 24.5 Å². The molecule has 0 bridgehead atoms. The van der Waals surface area contributed by atoms with Crippen molar-refractivity contribution in [3.63, 3.8) is 0 Å². The third-order valence-electron chi connectivity index (χ3n) is 2.23. The minimum Gasteiger partial charge on any atom is -0.494 e. The number of ether oxygens (including phenoxy) is 1. The number of hydrogen-bond acceptors (Lipinski definition) is 1. The van der Waals surface area contributed by atoms with Crippen LogP contribution in [0.4, 0.5) is 0 Å². The first kappa shape index (κ1) is 7.66. The van der Waals surface area contributed by atoms with Gasteiger partial charge in [0.2, 0.25) is 0 Å². The van der Waals surface area contributed by atoms with E-state index in [-0.39, 0.29) is 0 Å². The lowest BCUT2D eigenvalue weighted by Gasteiger charge is -2.03. The summed E-state index contributed by atoms with van der Waals surface area (Å²) in [5.41, 5.74) is 0. The van der Waals surface area contributed by atoms with E-state index in [9.17, 15) is 0 Å². The summed E-state index contributed by atoms with van der Waals surface area (Å²) in [4.78, 5) is 0. The molecule has 1 aromatic carbocycles. The first-order valence-electron chi connectivity index (χ1n) is 4.63. The molecule has 12 heavy (non-hydrogen) atoms. The average molecular weight is 162 g/mol. The van der Waals surface area contributed by atoms with E-state index in [1.165, 1.54) is 19.3 Å². The Morgan fingerprint density at radius 3 is 2.58 bits per heavy atom. The van der Waals surface area contributed by atoms with Crippen LogP contribution in [-0.2, 0) is 0 Å². The van der Waals surface area contributed by atoms with Gasteiger partial charge in [0.25, 0.3) is 0 Å². The van der Waals surface area contributed by atoms with Crippen molar-refractivity contribution < 1.29 is 4.74 Å². The Hall–Kier alpha value is -0.980. The van der Waals surface area contributed by atoms with Crippen molar-refractivity contribution in [3.05, 3.63) is 30.3 Å². The molecule has 0 aliphatic heterocycles. The molecule has 0 atom stereocenters. The Bertz CT molecular complexity index is 226. The summed E-state index contributed by atoms with van der Waals surface area (Å²) < 4.78 is 5.56. The number of para-hydroxylation sites is 1. The first-order valence-corrected chi connectivity index (χ1v) is 4.63. The highest BCUT2D eigenvalue weighted by molar-refractivity contribution is 5.20. The van der Waals surface area contributed by atoms with Crippen molar-refractivity contribution in [1.82, 2.24) is 0 Å². The van der Waals surface area contributed by atoms with Gasteiger partial charge in [-0.15, -0.1) is 0 Å². The highest BCUT2D eigenvalue weighted by Crippen LogP contribution is 2.32. The van der Waals surface area contributed by atoms with Gasteiger partial charge in [-0.2, -0.15) is 0 Å². The second-order valence-electron chi connectivity index (χ2n) is 3.39. The summed E-state index contributed by atoms with van der Waals surface area (Å²) in [6.07, 6.45) is 4.06. The SMILES string of the molecule is c1ccc(OCCC2CC2)cc1. The zero-order chi connectivity index (χ0) is 8.23. The largest absolute Gasteiger partial charge is 0.494 e. The maximum atomic E-state index is 5.56. The molecule has 1 fully saturated rings. The zero-order valence-electron chi connectivity index (χ0n) is 7.20. The van der Waals surface area contributed by atoms with Gasteiger partial charge >= 0.3 is 0 Å². The summed E-state index contributed by atoms with van der Waals surface area (Å²) in [6, 6.07) is 10.0. The molecule has 0 heterocycles. The van der Waals surface area contributed by atoms with Crippen molar-refractivity contribution in [3.8, 4) is 5.75 Å². The van der Waals surface area contributed by atoms with Gasteiger partial charge in [-0.25, -0.2) is 0 Å². The van der Waals surface area contributed by atoms with E-state index >= 15 is 0 Å². The molecule has 64 valence electrons. The second-order valence-corrected chi connectivity index (χ2v) is 3.39. The molecule has 1 saturated carbocycles. The third kappa shape index (κ3) is 2.26. The highest BCUT2D eigenvalue weighted by Gasteiger charge is 2.20. The summed E-state index contributed by atoms with van der Waals surface area (Å²) in [5, 5.41) is 0. The molecule has 0 radical (unpaired) electrons. The fourth-order valence-electron chi connectivity index (χ4n) is 1.27. The Balaban J connectivity index is 1.72. The summed E-state index contributed by atoms with van der Waals surface area (Å²) in [5.74, 6) is 1.96. The van der Waals surface area contributed by atoms with Crippen LogP contribution in [0, 0.1) is 5.92 Å². The minimum atomic E-state index is 0.884. The van der Waals surface area contributed by atoms with Gasteiger partial charge in [-0.1, -0.05) is 31.0 Å². The molecule has 0 amide bonds. The maximum Gasteiger partial charge on any atom is 0.119 e. The molecule has 1 aliphatic carbocycles. The number of hydrogen-bond donors (Lipinski definition) is 0. The lowest BCUT2D eigenvalue weighted by Crippen LogP contribution is -1.97. The highest BCUT2D eigenvalue weighted by atomic mass is 16.5. The van der Waals surface area contributed by atoms with Crippen LogP contribution in [0.1, 0.15) is 19.3 Å². The molecule has 1 nitrogen and oxygen atoms in total. The van der Waals surface area contributed by atoms with Gasteiger partial charge in [0.05, 0.1) is 6.61 Å². The molecule has 2 rings (SSSR count). The van der Waals surface area contributed by atoms with Crippen LogP contribution in [0.25, 0.3) is 0 Å². The molecular weight excluding hydrogens is 148 g/mol. The van der Waals surface area contributed by atoms with Gasteiger partial charge < -0.3 is 4.74 Å². The smallest absolute Gasteiger partial charge is 0.119 e. The summed E-state index contributed by atoms with van der Waals surface area (Å²) in [7, 11) is 0. The maximum absolute atomic E-state index is 5.56. The normalized spacial score (nSPS) is 16.0. The van der Waals surface area contributed by atoms with E-state index in [0.717, 1.165) is 18.3 Å². The standard InChI is InChI=1S/C11H14O/c1-2-4-11(5-3-1)12-9-8-10-6-7-10/h1-5,10H,6-9H2. The summed E-state index contributed by atoms with van der Waals surface area (Å²) >= 11 is 0. The quantitative estimate of drug-likeness (QED) is 0.661. The van der Waals surface area contributed by atoms with Crippen LogP contribution in [0.3, 0.4) is 0 Å². The van der Waals surface area contributed by atoms with Crippen LogP contribution in [0.15, 0.2) is 30.3 Å². The van der Waals surface area contributed by atoms with Crippen LogP contribution in [0.5, 0.6) is 5.75 Å². The van der Waals surface area contributed by atoms with E-state index in [1.54, 1.807) is 0 Å². The molecule has 1 heteroatoms. The Morgan fingerprint density at radius 2 is 1.92 bits per heavy atom. The second kappa shape index (κ2) is 3.61. The van der Waals surface area contributed by atoms with Crippen molar-refractivity contribution in [1.29, 1.82) is 0 Å². The predicted molar refractivity (Wildman–Crippen MR) is 49.3 cm³/mol. The van der Waals surface area contributed by atoms with Crippen LogP contribution in [0.2, 0.25) is 0 Å². The number of rotatable bonds is 4. The third-order valence-corrected chi connectivity index (χ3v) is 2.23. The fraction of sp³-hybridized carbons (Fsp3) is 0.455. The van der Waals surface area contributed by atoms with Gasteiger partial charge in [0.1, 0.15) is 5.75 Å². The monoisotopic (exact) mass is 162 g/mol. The molecule has 0 spiro atoms. The Labute approximate surface area is 73.4 Å². The predicted octanol–water partition coefficient (Wildman–Crippen LogP) is 2.87. The van der Waals surface area contributed by atoms with Crippen molar-refractivity contribution in [2.45, 2.75) is 19.3 Å². The first-order chi connectivity index (χ1) is 5.95. The Morgan fingerprint density at radius 1 is 1.17 bits per heavy atom. The van der Waals surface area contributed by atoms with Crippen molar-refractivity contribution in [2.75, 3.05) is 6.61 Å². The molecular formula is C11H14O. The molecule has 0 N–H and O–H groups in total. The van der Waals surface area contributed by atoms with Gasteiger partial charge in [0.15, 0.2) is 0 Å². The average Bonchev–Trinajstić information content (AvgIpc) is 2.90. The minimum absolute atomic E-state index is 0.884. The molecule has 1 aromatic rings. The van der Waals surface area contributed by atoms with Gasteiger partial charge in [0, 0.05) is 0 Å². The summed E-state index contributed by atoms with van der Waals surface area (Å²) in [6.45, 7) is 0.884. The van der Waals surface area contributed by atoms with E-state index < -0.39 is 0 Å². The molecule has 0 unspecified atom stereocenters. The van der Waals surface area contributed by atoms with E-state index in [1.807, 2.05) is 30.3 Å². The van der Waals surface area contributed by atoms with Gasteiger partial charge in [-0.3, -0.25) is 0 Å². The fourth-order valence-corrected chi connectivity index (χ4v) is 1.27. The van der Waals surface area contributed by atoms with Crippen LogP contribution < -0.4 is 4.74 Å². The van der Waals surface area contributed by atoms with Crippen LogP contribution >= 0.6 is 0 Å². The van der Waals surface area contributed by atoms with Crippen molar-refractivity contribution >= 4 is 0 Å². The molecule has 0 saturated heterocycles.